The van der Waals surface area contributed by atoms with Crippen molar-refractivity contribution in [3.8, 4) is 5.75 Å². The minimum Gasteiger partial charge on any atom is -0.506 e. The van der Waals surface area contributed by atoms with E-state index in [1.165, 1.54) is 45.4 Å². The Morgan fingerprint density at radius 3 is 2.48 bits per heavy atom. The number of carbonyl (C=O) groups excluding carboxylic acids is 1. The molecule has 6 heterocycles. The number of phenols is 1. The first-order valence-electron chi connectivity index (χ1n) is 22.6. The van der Waals surface area contributed by atoms with Crippen molar-refractivity contribution in [1.29, 1.82) is 0 Å². The number of nitrogens with one attached hydrogen (secondary N) is 2. The van der Waals surface area contributed by atoms with Crippen LogP contribution in [0.4, 0.5) is 0 Å². The molecule has 13 nitrogen and oxygen atoms in total. The maximum absolute atomic E-state index is 13.6. The van der Waals surface area contributed by atoms with Crippen molar-refractivity contribution in [3.63, 3.8) is 0 Å². The van der Waals surface area contributed by atoms with Gasteiger partial charge in [0.15, 0.2) is 8.32 Å². The largest absolute Gasteiger partial charge is 0.506 e. The van der Waals surface area contributed by atoms with E-state index in [4.69, 9.17) is 19.0 Å². The molecule has 2 aromatic carbocycles. The topological polar surface area (TPSA) is 164 Å². The van der Waals surface area contributed by atoms with Crippen LogP contribution in [0.25, 0.3) is 21.9 Å². The molecule has 1 aliphatic carbocycles. The van der Waals surface area contributed by atoms with E-state index >= 15 is 0 Å². The fourth-order valence-corrected chi connectivity index (χ4v) is 12.7. The highest BCUT2D eigenvalue weighted by Crippen LogP contribution is 2.43. The molecule has 0 saturated carbocycles. The predicted octanol–water partition coefficient (Wildman–Crippen LogP) is 7.94. The summed E-state index contributed by atoms with van der Waals surface area (Å²) >= 11 is 2.69. The minimum absolute atomic E-state index is 0.0132. The number of piperidine rings is 1. The molecule has 16 heteroatoms. The van der Waals surface area contributed by atoms with Crippen molar-refractivity contribution < 1.29 is 28.9 Å². The van der Waals surface area contributed by atoms with Gasteiger partial charge in [0.1, 0.15) is 17.4 Å². The van der Waals surface area contributed by atoms with Crippen LogP contribution in [0.15, 0.2) is 70.2 Å². The van der Waals surface area contributed by atoms with Crippen LogP contribution in [0.5, 0.6) is 5.75 Å². The number of aliphatic hydroxyl groups is 1. The van der Waals surface area contributed by atoms with E-state index in [1.54, 1.807) is 24.3 Å². The Morgan fingerprint density at radius 2 is 1.78 bits per heavy atom. The molecular weight excluding hydrogens is 865 g/mol. The highest BCUT2D eigenvalue weighted by molar-refractivity contribution is 7.12. The zero-order valence-corrected chi connectivity index (χ0v) is 40.1. The summed E-state index contributed by atoms with van der Waals surface area (Å²) in [6.07, 6.45) is 5.75. The number of H-pyrrole nitrogens is 1. The van der Waals surface area contributed by atoms with Gasteiger partial charge in [-0.1, -0.05) is 44.2 Å². The molecule has 9 rings (SSSR count). The summed E-state index contributed by atoms with van der Waals surface area (Å²) in [6.45, 7) is 16.3. The van der Waals surface area contributed by atoms with Crippen LogP contribution in [-0.4, -0.2) is 93.9 Å². The fourth-order valence-electron chi connectivity index (χ4n) is 9.67. The molecule has 0 bridgehead atoms. The number of aromatic hydroxyl groups is 1. The number of fused-ring (bicyclic) bond motifs is 4. The van der Waals surface area contributed by atoms with E-state index in [-0.39, 0.29) is 28.1 Å². The maximum atomic E-state index is 13.6. The van der Waals surface area contributed by atoms with Crippen molar-refractivity contribution in [3.05, 3.63) is 108 Å². The van der Waals surface area contributed by atoms with Crippen molar-refractivity contribution in [2.75, 3.05) is 32.8 Å². The Labute approximate surface area is 382 Å². The number of hydrogen-bond acceptors (Lipinski definition) is 13. The predicted molar refractivity (Wildman–Crippen MR) is 254 cm³/mol. The summed E-state index contributed by atoms with van der Waals surface area (Å²) in [5, 5.41) is 39.9. The van der Waals surface area contributed by atoms with Gasteiger partial charge in [-0.05, 0) is 127 Å². The number of ether oxygens (including phenoxy) is 2. The Morgan fingerprint density at radius 1 is 1.05 bits per heavy atom. The molecule has 0 amide bonds. The molecule has 2 atom stereocenters. The second kappa shape index (κ2) is 17.8. The molecule has 2 aliphatic heterocycles. The van der Waals surface area contributed by atoms with Crippen LogP contribution in [0.1, 0.15) is 91.0 Å². The summed E-state index contributed by atoms with van der Waals surface area (Å²) in [6, 6.07) is 16.3. The Kier molecular flexibility index (Phi) is 12.5. The molecule has 2 saturated heterocycles. The number of rotatable bonds is 15. The van der Waals surface area contributed by atoms with Crippen LogP contribution in [0.2, 0.25) is 18.1 Å². The molecule has 3 aliphatic rings. The third-order valence-electron chi connectivity index (χ3n) is 14.2. The number of thiophene rings is 2. The summed E-state index contributed by atoms with van der Waals surface area (Å²) in [5.74, 6) is -0.600. The number of nitrogens with zero attached hydrogens (tertiary/aromatic N) is 4. The summed E-state index contributed by atoms with van der Waals surface area (Å²) in [4.78, 5) is 32.2. The SMILES string of the molecule is CC(C)(C)[Si](C)(C)OC(CNCc1cc2nnn(CCCN3CCC4(CC3)C[C@H](OC(=O)C(O)(c3cccs3)c3cccs3)CO4)c2c2c1CCC2)c1ccc(O)c2[nH]c(=O)ccc12. The lowest BCUT2D eigenvalue weighted by Crippen LogP contribution is -2.45. The van der Waals surface area contributed by atoms with Gasteiger partial charge >= 0.3 is 5.97 Å². The number of pyridine rings is 1. The highest BCUT2D eigenvalue weighted by Gasteiger charge is 2.49. The lowest BCUT2D eigenvalue weighted by Gasteiger charge is -2.39. The average Bonchev–Trinajstić information content (AvgIpc) is 4.12. The molecule has 64 heavy (non-hydrogen) atoms. The number of benzene rings is 2. The summed E-state index contributed by atoms with van der Waals surface area (Å²) in [5.41, 5.74) is 5.04. The lowest BCUT2D eigenvalue weighted by molar-refractivity contribution is -0.167. The van der Waals surface area contributed by atoms with Crippen LogP contribution in [0, 0.1) is 0 Å². The van der Waals surface area contributed by atoms with Crippen molar-refractivity contribution in [2.24, 2.45) is 0 Å². The average molecular weight is 925 g/mol. The number of carbonyl (C=O) groups is 1. The van der Waals surface area contributed by atoms with Gasteiger partial charge < -0.3 is 39.3 Å². The lowest BCUT2D eigenvalue weighted by atomic mass is 9.88. The van der Waals surface area contributed by atoms with E-state index < -0.39 is 26.0 Å². The van der Waals surface area contributed by atoms with E-state index in [1.807, 2.05) is 29.0 Å². The molecule has 6 aromatic rings. The maximum Gasteiger partial charge on any atom is 0.349 e. The molecule has 4 N–H and O–H groups in total. The molecule has 1 spiro atoms. The van der Waals surface area contributed by atoms with E-state index in [0.717, 1.165) is 86.7 Å². The number of esters is 1. The molecular formula is C48H60N6O7S2Si. The molecule has 340 valence electrons. The third kappa shape index (κ3) is 8.75. The first kappa shape index (κ1) is 44.9. The highest BCUT2D eigenvalue weighted by atomic mass is 32.1. The van der Waals surface area contributed by atoms with Crippen molar-refractivity contribution >= 4 is 58.9 Å². The second-order valence-electron chi connectivity index (χ2n) is 19.4. The summed E-state index contributed by atoms with van der Waals surface area (Å²) in [7, 11) is -2.23. The van der Waals surface area contributed by atoms with Gasteiger partial charge in [0.25, 0.3) is 0 Å². The normalized spacial score (nSPS) is 18.6. The second-order valence-corrected chi connectivity index (χ2v) is 26.0. The van der Waals surface area contributed by atoms with E-state index in [2.05, 4.69) is 65.0 Å². The van der Waals surface area contributed by atoms with E-state index in [9.17, 15) is 19.8 Å². The van der Waals surface area contributed by atoms with Gasteiger partial charge in [0, 0.05) is 50.6 Å². The van der Waals surface area contributed by atoms with Crippen LogP contribution in [0.3, 0.4) is 0 Å². The molecule has 2 fully saturated rings. The Bertz CT molecular complexity index is 2630. The minimum atomic E-state index is -2.23. The van der Waals surface area contributed by atoms with Crippen molar-refractivity contribution in [1.82, 2.24) is 30.2 Å². The quantitative estimate of drug-likeness (QED) is 0.0584. The fraction of sp³-hybridized carbons (Fsp3) is 0.500. The number of aromatic amines is 1. The van der Waals surface area contributed by atoms with Gasteiger partial charge in [-0.3, -0.25) is 4.79 Å². The first-order valence-corrected chi connectivity index (χ1v) is 27.3. The monoisotopic (exact) mass is 924 g/mol. The molecule has 0 radical (unpaired) electrons. The standard InChI is InChI=1S/C48H60N6O7S2Si/c1-46(2,3)64(4,5)61-39(34-14-16-38(55)43-35(34)15-17-42(56)50-43)29-49-28-31-26-37-44(36-11-6-10-33(31)36)54(52-51-37)21-9-20-53-22-18-47(19-23-53)27-32(30-59-47)60-45(57)48(58,40-12-7-24-62-40)41-13-8-25-63-41/h7-8,12-17,24-26,32,39,49,55,58H,6,9-11,18-23,27-30H2,1-5H3,(H,50,56)/t32-,39?/m0/s1. The number of likely N-dealkylation sites (tertiary alicyclic amines) is 1. The number of aryl methyl sites for hydroxylation is 2. The van der Waals surface area contributed by atoms with Gasteiger partial charge in [-0.25, -0.2) is 9.48 Å². The van der Waals surface area contributed by atoms with Gasteiger partial charge in [0.2, 0.25) is 11.2 Å². The van der Waals surface area contributed by atoms with Crippen LogP contribution < -0.4 is 10.9 Å². The third-order valence-corrected chi connectivity index (χ3v) is 20.7. The number of phenolic OH excluding ortho intramolecular Hbond substituents is 1. The Balaban J connectivity index is 0.810. The summed E-state index contributed by atoms with van der Waals surface area (Å²) < 4.78 is 21.6. The van der Waals surface area contributed by atoms with Crippen molar-refractivity contribution in [2.45, 2.75) is 120 Å². The van der Waals surface area contributed by atoms with Crippen LogP contribution in [-0.2, 0) is 50.2 Å². The van der Waals surface area contributed by atoms with Gasteiger partial charge in [-0.2, -0.15) is 0 Å². The molecule has 4 aromatic heterocycles. The van der Waals surface area contributed by atoms with E-state index in [0.29, 0.717) is 41.4 Å². The number of aromatic nitrogens is 4. The number of hydrogen-bond donors (Lipinski definition) is 4. The van der Waals surface area contributed by atoms with Gasteiger partial charge in [0.05, 0.1) is 39.1 Å². The molecule has 1 unspecified atom stereocenters. The first-order chi connectivity index (χ1) is 30.6. The Hall–Kier alpha value is -4.26. The smallest absolute Gasteiger partial charge is 0.349 e. The zero-order valence-electron chi connectivity index (χ0n) is 37.4. The zero-order chi connectivity index (χ0) is 44.9. The van der Waals surface area contributed by atoms with Crippen LogP contribution >= 0.6 is 22.7 Å². The van der Waals surface area contributed by atoms with Gasteiger partial charge in [-0.15, -0.1) is 27.8 Å².